The van der Waals surface area contributed by atoms with E-state index in [4.69, 9.17) is 11.6 Å². The van der Waals surface area contributed by atoms with Crippen LogP contribution in [0.1, 0.15) is 55.4 Å². The number of hydrogen-bond acceptors (Lipinski definition) is 4. The number of piperidine rings is 1. The van der Waals surface area contributed by atoms with E-state index in [2.05, 4.69) is 21.7 Å². The van der Waals surface area contributed by atoms with E-state index >= 15 is 0 Å². The van der Waals surface area contributed by atoms with Crippen molar-refractivity contribution in [1.29, 1.82) is 5.26 Å². The number of fused-ring (bicyclic) bond motifs is 2. The summed E-state index contributed by atoms with van der Waals surface area (Å²) in [5.41, 5.74) is 1.10. The van der Waals surface area contributed by atoms with Gasteiger partial charge in [0.05, 0.1) is 16.6 Å². The minimum atomic E-state index is -0.775. The van der Waals surface area contributed by atoms with Gasteiger partial charge in [-0.25, -0.2) is 0 Å². The van der Waals surface area contributed by atoms with E-state index in [0.29, 0.717) is 35.7 Å². The number of nitriles is 1. The number of rotatable bonds is 5. The number of likely N-dealkylation sites (tertiary alicyclic amines) is 1. The van der Waals surface area contributed by atoms with Gasteiger partial charge in [-0.3, -0.25) is 14.4 Å². The Morgan fingerprint density at radius 3 is 2.83 bits per heavy atom. The third-order valence-corrected chi connectivity index (χ3v) is 8.21. The van der Waals surface area contributed by atoms with Gasteiger partial charge in [-0.05, 0) is 56.1 Å². The Balaban J connectivity index is 1.37. The first-order chi connectivity index (χ1) is 17.0. The summed E-state index contributed by atoms with van der Waals surface area (Å²) in [4.78, 5) is 44.2. The Kier molecular flexibility index (Phi) is 6.70. The number of H-pyrrole nitrogens is 1. The maximum Gasteiger partial charge on any atom is 0.271 e. The quantitative estimate of drug-likeness (QED) is 0.589. The maximum absolute atomic E-state index is 13.7. The number of aromatic amines is 1. The Hall–Kier alpha value is -3.05. The van der Waals surface area contributed by atoms with Crippen molar-refractivity contribution in [2.75, 3.05) is 13.1 Å². The number of nitrogens with one attached hydrogen (secondary N) is 3. The van der Waals surface area contributed by atoms with Crippen LogP contribution in [0.3, 0.4) is 0 Å². The van der Waals surface area contributed by atoms with Gasteiger partial charge in [-0.15, -0.1) is 0 Å². The Morgan fingerprint density at radius 2 is 2.06 bits per heavy atom. The van der Waals surface area contributed by atoms with Crippen molar-refractivity contribution in [3.63, 3.8) is 0 Å². The topological polar surface area (TPSA) is 118 Å². The van der Waals surface area contributed by atoms with Gasteiger partial charge in [0.1, 0.15) is 17.8 Å². The molecular formula is C26H30ClN5O3. The number of amides is 3. The molecule has 2 saturated heterocycles. The molecule has 5 atom stereocenters. The van der Waals surface area contributed by atoms with E-state index in [9.17, 15) is 19.6 Å². The molecule has 3 heterocycles. The Labute approximate surface area is 209 Å². The second-order valence-electron chi connectivity index (χ2n) is 10.1. The molecule has 1 aliphatic carbocycles. The van der Waals surface area contributed by atoms with E-state index < -0.39 is 12.1 Å². The van der Waals surface area contributed by atoms with Crippen molar-refractivity contribution in [1.82, 2.24) is 20.5 Å². The lowest BCUT2D eigenvalue weighted by atomic mass is 9.78. The van der Waals surface area contributed by atoms with Crippen LogP contribution in [0.2, 0.25) is 5.02 Å². The van der Waals surface area contributed by atoms with Gasteiger partial charge in [0.15, 0.2) is 0 Å². The van der Waals surface area contributed by atoms with Crippen LogP contribution in [0, 0.1) is 29.1 Å². The van der Waals surface area contributed by atoms with Crippen molar-refractivity contribution in [3.8, 4) is 6.07 Å². The number of halogens is 1. The van der Waals surface area contributed by atoms with Crippen LogP contribution >= 0.6 is 11.6 Å². The van der Waals surface area contributed by atoms with Gasteiger partial charge in [-0.2, -0.15) is 5.26 Å². The largest absolute Gasteiger partial charge is 0.356 e. The zero-order chi connectivity index (χ0) is 24.5. The summed E-state index contributed by atoms with van der Waals surface area (Å²) in [6, 6.07) is 8.02. The molecule has 8 nitrogen and oxygen atoms in total. The summed E-state index contributed by atoms with van der Waals surface area (Å²) in [5.74, 6) is -0.544. The summed E-state index contributed by atoms with van der Waals surface area (Å²) < 4.78 is 0. The highest BCUT2D eigenvalue weighted by Crippen LogP contribution is 2.41. The molecule has 0 radical (unpaired) electrons. The van der Waals surface area contributed by atoms with E-state index in [0.717, 1.165) is 37.5 Å². The summed E-state index contributed by atoms with van der Waals surface area (Å²) in [6.07, 6.45) is 5.85. The molecule has 3 fully saturated rings. The molecule has 0 spiro atoms. The minimum absolute atomic E-state index is 0.0618. The number of benzene rings is 1. The van der Waals surface area contributed by atoms with Crippen LogP contribution in [0.5, 0.6) is 0 Å². The predicted molar refractivity (Wildman–Crippen MR) is 131 cm³/mol. The van der Waals surface area contributed by atoms with Gasteiger partial charge in [0.2, 0.25) is 11.8 Å². The molecule has 2 aliphatic heterocycles. The molecule has 9 heteroatoms. The van der Waals surface area contributed by atoms with Crippen molar-refractivity contribution >= 4 is 40.2 Å². The van der Waals surface area contributed by atoms with Gasteiger partial charge >= 0.3 is 0 Å². The van der Waals surface area contributed by atoms with Crippen molar-refractivity contribution in [2.24, 2.45) is 17.8 Å². The number of nitrogens with zero attached hydrogens (tertiary/aromatic N) is 2. The first-order valence-corrected chi connectivity index (χ1v) is 12.9. The van der Waals surface area contributed by atoms with Crippen LogP contribution in [-0.4, -0.2) is 52.8 Å². The predicted octanol–water partition coefficient (Wildman–Crippen LogP) is 3.38. The first-order valence-electron chi connectivity index (χ1n) is 12.5. The highest BCUT2D eigenvalue weighted by atomic mass is 35.5. The molecule has 35 heavy (non-hydrogen) atoms. The number of hydrogen-bond donors (Lipinski definition) is 3. The molecule has 3 aliphatic rings. The smallest absolute Gasteiger partial charge is 0.271 e. The molecule has 0 bridgehead atoms. The summed E-state index contributed by atoms with van der Waals surface area (Å²) in [5, 5.41) is 16.8. The van der Waals surface area contributed by atoms with Crippen LogP contribution in [0.4, 0.5) is 0 Å². The van der Waals surface area contributed by atoms with Crippen molar-refractivity contribution in [3.05, 3.63) is 35.0 Å². The lowest BCUT2D eigenvalue weighted by Gasteiger charge is -2.30. The highest BCUT2D eigenvalue weighted by Gasteiger charge is 2.49. The van der Waals surface area contributed by atoms with Gasteiger partial charge in [0, 0.05) is 24.4 Å². The fourth-order valence-electron chi connectivity index (χ4n) is 6.16. The van der Waals surface area contributed by atoms with E-state index in [1.165, 1.54) is 0 Å². The zero-order valence-corrected chi connectivity index (χ0v) is 20.3. The molecule has 184 valence electrons. The second-order valence-corrected chi connectivity index (χ2v) is 10.5. The van der Waals surface area contributed by atoms with E-state index in [-0.39, 0.29) is 41.9 Å². The van der Waals surface area contributed by atoms with Crippen molar-refractivity contribution in [2.45, 2.75) is 57.0 Å². The number of para-hydroxylation sites is 1. The molecule has 3 amide bonds. The molecule has 5 rings (SSSR count). The second kappa shape index (κ2) is 9.90. The van der Waals surface area contributed by atoms with Crippen molar-refractivity contribution < 1.29 is 14.4 Å². The summed E-state index contributed by atoms with van der Waals surface area (Å²) in [7, 11) is 0. The molecular weight excluding hydrogens is 466 g/mol. The van der Waals surface area contributed by atoms with Gasteiger partial charge in [-0.1, -0.05) is 36.6 Å². The van der Waals surface area contributed by atoms with Crippen LogP contribution in [0.15, 0.2) is 24.3 Å². The van der Waals surface area contributed by atoms with Crippen LogP contribution in [0.25, 0.3) is 10.9 Å². The Morgan fingerprint density at radius 1 is 1.23 bits per heavy atom. The van der Waals surface area contributed by atoms with E-state index in [1.54, 1.807) is 17.0 Å². The van der Waals surface area contributed by atoms with E-state index in [1.807, 2.05) is 12.1 Å². The van der Waals surface area contributed by atoms with Crippen LogP contribution in [-0.2, 0) is 9.59 Å². The molecule has 1 aromatic carbocycles. The Bertz CT molecular complexity index is 1190. The third-order valence-electron chi connectivity index (χ3n) is 7.90. The average Bonchev–Trinajstić information content (AvgIpc) is 3.47. The lowest BCUT2D eigenvalue weighted by molar-refractivity contribution is -0.129. The third kappa shape index (κ3) is 4.62. The molecule has 3 N–H and O–H groups in total. The fraction of sp³-hybridized carbons (Fsp3) is 0.538. The SMILES string of the molecule is N#C[C@H](CC1CCCNC1=O)NC(=O)[C@@H]1[C@H]2CCCC[C@H]2CN1C(=O)c1cc2cccc(Cl)c2[nH]1. The fourth-order valence-corrected chi connectivity index (χ4v) is 6.39. The highest BCUT2D eigenvalue weighted by molar-refractivity contribution is 6.35. The van der Waals surface area contributed by atoms with Gasteiger partial charge < -0.3 is 20.5 Å². The van der Waals surface area contributed by atoms with Crippen LogP contribution < -0.4 is 10.6 Å². The standard InChI is InChI=1S/C26H30ClN5O3/c27-20-9-3-6-15-12-21(31-22(15)20)26(35)32-14-17-5-1-2-8-19(17)23(32)25(34)30-18(13-28)11-16-7-4-10-29-24(16)33/h3,6,9,12,16-19,23,31H,1-2,4-5,7-8,10-11,14H2,(H,29,33)(H,30,34)/t16?,17-,18-,19-,23-/m0/s1. The maximum atomic E-state index is 13.7. The van der Waals surface area contributed by atoms with Gasteiger partial charge in [0.25, 0.3) is 5.91 Å². The number of carbonyl (C=O) groups is 3. The average molecular weight is 496 g/mol. The number of carbonyl (C=O) groups excluding carboxylic acids is 3. The summed E-state index contributed by atoms with van der Waals surface area (Å²) in [6.45, 7) is 1.17. The molecule has 1 aromatic heterocycles. The molecule has 1 saturated carbocycles. The minimum Gasteiger partial charge on any atom is -0.356 e. The summed E-state index contributed by atoms with van der Waals surface area (Å²) >= 11 is 6.30. The number of aromatic nitrogens is 1. The monoisotopic (exact) mass is 495 g/mol. The lowest BCUT2D eigenvalue weighted by Crippen LogP contribution is -2.52. The zero-order valence-electron chi connectivity index (χ0n) is 19.6. The molecule has 1 unspecified atom stereocenters. The normalized spacial score (nSPS) is 27.1. The molecule has 2 aromatic rings. The first kappa shape index (κ1) is 23.7.